The van der Waals surface area contributed by atoms with Gasteiger partial charge in [0.2, 0.25) is 0 Å². The molecule has 5 rings (SSSR count). The van der Waals surface area contributed by atoms with Gasteiger partial charge in [0.05, 0.1) is 17.1 Å². The van der Waals surface area contributed by atoms with Crippen LogP contribution in [0.15, 0.2) is 42.5 Å². The van der Waals surface area contributed by atoms with E-state index in [0.717, 1.165) is 23.9 Å². The van der Waals surface area contributed by atoms with Gasteiger partial charge in [-0.1, -0.05) is 30.3 Å². The Morgan fingerprint density at radius 3 is 3.00 bits per heavy atom. The Morgan fingerprint density at radius 2 is 2.00 bits per heavy atom. The molecule has 0 saturated carbocycles. The van der Waals surface area contributed by atoms with Crippen molar-refractivity contribution in [1.82, 2.24) is 4.98 Å². The molecule has 0 radical (unpaired) electrons. The fraction of sp³-hybridized carbons (Fsp3) is 0.235. The molecule has 0 N–H and O–H groups in total. The van der Waals surface area contributed by atoms with E-state index >= 15 is 0 Å². The number of hydrogen-bond donors (Lipinski definition) is 0. The minimum absolute atomic E-state index is 0.307. The standard InChI is InChI=1S/C17H13NO/c1-2-4-13-11(3-1)9-12-6-5-10-7-8-14-17(19-14)15(10)16(12)18-13/h1-6,9,14,17H,7-8H2. The Bertz CT molecular complexity index is 824. The van der Waals surface area contributed by atoms with E-state index in [1.807, 2.05) is 6.07 Å². The van der Waals surface area contributed by atoms with E-state index < -0.39 is 0 Å². The molecule has 1 fully saturated rings. The number of rotatable bonds is 0. The third-order valence-corrected chi connectivity index (χ3v) is 4.38. The van der Waals surface area contributed by atoms with Crippen molar-refractivity contribution in [3.05, 3.63) is 53.6 Å². The van der Waals surface area contributed by atoms with Gasteiger partial charge in [-0.25, -0.2) is 4.98 Å². The Balaban J connectivity index is 1.91. The van der Waals surface area contributed by atoms with Gasteiger partial charge in [-0.3, -0.25) is 0 Å². The molecule has 2 nitrogen and oxygen atoms in total. The van der Waals surface area contributed by atoms with Gasteiger partial charge in [0.25, 0.3) is 0 Å². The number of hydrogen-bond acceptors (Lipinski definition) is 2. The summed E-state index contributed by atoms with van der Waals surface area (Å²) in [6.07, 6.45) is 3.05. The lowest BCUT2D eigenvalue weighted by atomic mass is 9.89. The van der Waals surface area contributed by atoms with Gasteiger partial charge in [-0.2, -0.15) is 0 Å². The van der Waals surface area contributed by atoms with Crippen LogP contribution in [0.3, 0.4) is 0 Å². The first-order valence-electron chi connectivity index (χ1n) is 6.87. The van der Waals surface area contributed by atoms with Crippen molar-refractivity contribution in [3.63, 3.8) is 0 Å². The largest absolute Gasteiger partial charge is 0.364 e. The average molecular weight is 247 g/mol. The summed E-state index contributed by atoms with van der Waals surface area (Å²) >= 11 is 0. The molecule has 0 bridgehead atoms. The summed E-state index contributed by atoms with van der Waals surface area (Å²) in [5, 5.41) is 2.44. The van der Waals surface area contributed by atoms with Crippen LogP contribution in [-0.2, 0) is 11.2 Å². The Labute approximate surface area is 111 Å². The van der Waals surface area contributed by atoms with Crippen molar-refractivity contribution in [3.8, 4) is 0 Å². The minimum Gasteiger partial charge on any atom is -0.364 e. The Hall–Kier alpha value is -1.93. The molecular formula is C17H13NO. The molecule has 0 spiro atoms. The zero-order chi connectivity index (χ0) is 12.4. The van der Waals surface area contributed by atoms with Crippen LogP contribution in [0.4, 0.5) is 0 Å². The lowest BCUT2D eigenvalue weighted by molar-refractivity contribution is 0.373. The zero-order valence-electron chi connectivity index (χ0n) is 10.5. The Morgan fingerprint density at radius 1 is 1.05 bits per heavy atom. The van der Waals surface area contributed by atoms with Crippen molar-refractivity contribution in [2.45, 2.75) is 25.0 Å². The monoisotopic (exact) mass is 247 g/mol. The maximum atomic E-state index is 5.78. The quantitative estimate of drug-likeness (QED) is 0.446. The van der Waals surface area contributed by atoms with E-state index in [9.17, 15) is 0 Å². The van der Waals surface area contributed by atoms with E-state index in [2.05, 4.69) is 36.4 Å². The second kappa shape index (κ2) is 3.34. The highest BCUT2D eigenvalue weighted by Crippen LogP contribution is 2.49. The molecule has 2 aromatic carbocycles. The molecule has 1 saturated heterocycles. The molecule has 2 aliphatic rings. The number of epoxide rings is 1. The van der Waals surface area contributed by atoms with E-state index in [1.165, 1.54) is 21.9 Å². The fourth-order valence-electron chi connectivity index (χ4n) is 3.36. The van der Waals surface area contributed by atoms with Gasteiger partial charge in [-0.05, 0) is 30.5 Å². The van der Waals surface area contributed by atoms with Crippen LogP contribution in [0, 0.1) is 0 Å². The van der Waals surface area contributed by atoms with E-state index in [-0.39, 0.29) is 0 Å². The van der Waals surface area contributed by atoms with Crippen LogP contribution in [0.2, 0.25) is 0 Å². The average Bonchev–Trinajstić information content (AvgIpc) is 3.24. The summed E-state index contributed by atoms with van der Waals surface area (Å²) in [4.78, 5) is 4.89. The van der Waals surface area contributed by atoms with Gasteiger partial charge in [-0.15, -0.1) is 0 Å². The number of pyridine rings is 1. The molecule has 92 valence electrons. The van der Waals surface area contributed by atoms with Gasteiger partial charge in [0.15, 0.2) is 0 Å². The van der Waals surface area contributed by atoms with E-state index in [0.29, 0.717) is 12.2 Å². The number of fused-ring (bicyclic) bond motifs is 6. The molecule has 2 atom stereocenters. The summed E-state index contributed by atoms with van der Waals surface area (Å²) in [6, 6.07) is 15.0. The normalized spacial score (nSPS) is 24.2. The maximum Gasteiger partial charge on any atom is 0.112 e. The smallest absolute Gasteiger partial charge is 0.112 e. The van der Waals surface area contributed by atoms with Crippen LogP contribution in [0.25, 0.3) is 21.8 Å². The van der Waals surface area contributed by atoms with Crippen molar-refractivity contribution in [2.75, 3.05) is 0 Å². The third kappa shape index (κ3) is 1.32. The van der Waals surface area contributed by atoms with Gasteiger partial charge >= 0.3 is 0 Å². The molecule has 2 heterocycles. The molecule has 1 aromatic heterocycles. The second-order valence-corrected chi connectivity index (χ2v) is 5.52. The first-order chi connectivity index (χ1) is 9.40. The van der Waals surface area contributed by atoms with Crippen LogP contribution < -0.4 is 0 Å². The molecule has 1 aliphatic heterocycles. The Kier molecular flexibility index (Phi) is 1.74. The number of para-hydroxylation sites is 1. The summed E-state index contributed by atoms with van der Waals surface area (Å²) < 4.78 is 5.78. The van der Waals surface area contributed by atoms with Crippen LogP contribution in [0.1, 0.15) is 23.7 Å². The first-order valence-corrected chi connectivity index (χ1v) is 6.87. The minimum atomic E-state index is 0.307. The van der Waals surface area contributed by atoms with Gasteiger partial charge < -0.3 is 4.74 Å². The van der Waals surface area contributed by atoms with Gasteiger partial charge in [0, 0.05) is 16.3 Å². The summed E-state index contributed by atoms with van der Waals surface area (Å²) in [7, 11) is 0. The zero-order valence-corrected chi connectivity index (χ0v) is 10.5. The first kappa shape index (κ1) is 9.93. The molecule has 2 unspecified atom stereocenters. The lowest BCUT2D eigenvalue weighted by Gasteiger charge is -2.14. The number of aromatic nitrogens is 1. The lowest BCUT2D eigenvalue weighted by Crippen LogP contribution is -2.05. The van der Waals surface area contributed by atoms with Crippen molar-refractivity contribution in [1.29, 1.82) is 0 Å². The summed E-state index contributed by atoms with van der Waals surface area (Å²) in [5.41, 5.74) is 4.99. The SMILES string of the molecule is c1ccc2nc3c4c(ccc3cc2c1)CCC1OC41. The number of benzene rings is 2. The second-order valence-electron chi connectivity index (χ2n) is 5.52. The van der Waals surface area contributed by atoms with Crippen LogP contribution in [-0.4, -0.2) is 11.1 Å². The predicted octanol–water partition coefficient (Wildman–Crippen LogP) is 3.77. The predicted molar refractivity (Wildman–Crippen MR) is 75.2 cm³/mol. The van der Waals surface area contributed by atoms with Crippen molar-refractivity contribution < 1.29 is 4.74 Å². The maximum absolute atomic E-state index is 5.78. The highest BCUT2D eigenvalue weighted by Gasteiger charge is 2.45. The molecule has 19 heavy (non-hydrogen) atoms. The van der Waals surface area contributed by atoms with Crippen LogP contribution >= 0.6 is 0 Å². The fourth-order valence-corrected chi connectivity index (χ4v) is 3.36. The third-order valence-electron chi connectivity index (χ3n) is 4.38. The van der Waals surface area contributed by atoms with E-state index in [4.69, 9.17) is 9.72 Å². The van der Waals surface area contributed by atoms with Gasteiger partial charge in [0.1, 0.15) is 6.10 Å². The molecule has 0 amide bonds. The highest BCUT2D eigenvalue weighted by atomic mass is 16.6. The highest BCUT2D eigenvalue weighted by molar-refractivity contribution is 5.95. The number of aryl methyl sites for hydroxylation is 1. The molecule has 2 heteroatoms. The van der Waals surface area contributed by atoms with Crippen LogP contribution in [0.5, 0.6) is 0 Å². The number of ether oxygens (including phenoxy) is 1. The molecule has 1 aliphatic carbocycles. The topological polar surface area (TPSA) is 25.4 Å². The van der Waals surface area contributed by atoms with Crippen molar-refractivity contribution in [2.24, 2.45) is 0 Å². The summed E-state index contributed by atoms with van der Waals surface area (Å²) in [5.74, 6) is 0. The molecular weight excluding hydrogens is 234 g/mol. The summed E-state index contributed by atoms with van der Waals surface area (Å²) in [6.45, 7) is 0. The van der Waals surface area contributed by atoms with Crippen molar-refractivity contribution >= 4 is 21.8 Å². The molecule has 3 aromatic rings. The number of nitrogens with zero attached hydrogens (tertiary/aromatic N) is 1. The van der Waals surface area contributed by atoms with E-state index in [1.54, 1.807) is 0 Å².